The molecule has 16 heavy (non-hydrogen) atoms. The van der Waals surface area contributed by atoms with Gasteiger partial charge in [-0.25, -0.2) is 9.63 Å². The lowest BCUT2D eigenvalue weighted by molar-refractivity contribution is -0.503. The van der Waals surface area contributed by atoms with Crippen LogP contribution in [0.1, 0.15) is 34.1 Å². The topological polar surface area (TPSA) is 88.5 Å². The van der Waals surface area contributed by atoms with Gasteiger partial charge in [0.05, 0.1) is 18.1 Å². The SMILES string of the molecule is CC(CCOC(=O)OC(C)(C)C)ON(O)O. The molecule has 0 aromatic carbocycles. The summed E-state index contributed by atoms with van der Waals surface area (Å²) in [4.78, 5) is 15.5. The van der Waals surface area contributed by atoms with Gasteiger partial charge in [-0.15, -0.1) is 0 Å². The van der Waals surface area contributed by atoms with Gasteiger partial charge >= 0.3 is 6.16 Å². The highest BCUT2D eigenvalue weighted by atomic mass is 17.1. The van der Waals surface area contributed by atoms with Gasteiger partial charge in [-0.3, -0.25) is 10.4 Å². The second kappa shape index (κ2) is 6.64. The van der Waals surface area contributed by atoms with Gasteiger partial charge in [0.1, 0.15) is 5.60 Å². The van der Waals surface area contributed by atoms with Crippen LogP contribution in [0.4, 0.5) is 4.79 Å². The zero-order valence-electron chi connectivity index (χ0n) is 9.97. The van der Waals surface area contributed by atoms with E-state index in [2.05, 4.69) is 4.84 Å². The number of carbonyl (C=O) groups is 1. The van der Waals surface area contributed by atoms with Crippen LogP contribution >= 0.6 is 0 Å². The van der Waals surface area contributed by atoms with Gasteiger partial charge in [-0.2, -0.15) is 0 Å². The fourth-order valence-electron chi connectivity index (χ4n) is 0.801. The first kappa shape index (κ1) is 15.1. The monoisotopic (exact) mass is 237 g/mol. The summed E-state index contributed by atoms with van der Waals surface area (Å²) in [6.45, 7) is 6.86. The maximum Gasteiger partial charge on any atom is 0.508 e. The van der Waals surface area contributed by atoms with Crippen LogP contribution in [-0.4, -0.2) is 40.3 Å². The molecule has 0 heterocycles. The lowest BCUT2D eigenvalue weighted by atomic mass is 10.2. The Morgan fingerprint density at radius 2 is 1.94 bits per heavy atom. The summed E-state index contributed by atoms with van der Waals surface area (Å²) in [5.41, 5.74) is -0.591. The molecule has 0 bridgehead atoms. The highest BCUT2D eigenvalue weighted by molar-refractivity contribution is 5.60. The van der Waals surface area contributed by atoms with Crippen molar-refractivity contribution in [1.29, 1.82) is 0 Å². The molecule has 1 unspecified atom stereocenters. The maximum absolute atomic E-state index is 11.1. The first-order valence-corrected chi connectivity index (χ1v) is 4.91. The fraction of sp³-hybridized carbons (Fsp3) is 0.889. The van der Waals surface area contributed by atoms with Crippen molar-refractivity contribution in [3.05, 3.63) is 0 Å². The molecular weight excluding hydrogens is 218 g/mol. The van der Waals surface area contributed by atoms with Crippen molar-refractivity contribution in [1.82, 2.24) is 5.39 Å². The van der Waals surface area contributed by atoms with Crippen LogP contribution in [-0.2, 0) is 14.3 Å². The predicted octanol–water partition coefficient (Wildman–Crippen LogP) is 1.73. The lowest BCUT2D eigenvalue weighted by Crippen LogP contribution is -2.26. The first-order valence-electron chi connectivity index (χ1n) is 4.91. The second-order valence-corrected chi connectivity index (χ2v) is 4.27. The molecule has 7 heteroatoms. The minimum Gasteiger partial charge on any atom is -0.434 e. The zero-order chi connectivity index (χ0) is 12.8. The van der Waals surface area contributed by atoms with E-state index in [9.17, 15) is 4.79 Å². The maximum atomic E-state index is 11.1. The summed E-state index contributed by atoms with van der Waals surface area (Å²) >= 11 is 0. The number of hydrogen-bond acceptors (Lipinski definition) is 7. The zero-order valence-corrected chi connectivity index (χ0v) is 9.97. The molecule has 1 atom stereocenters. The Labute approximate surface area is 94.4 Å². The third kappa shape index (κ3) is 9.66. The van der Waals surface area contributed by atoms with E-state index in [1.54, 1.807) is 27.7 Å². The van der Waals surface area contributed by atoms with Crippen molar-refractivity contribution in [3.63, 3.8) is 0 Å². The summed E-state index contributed by atoms with van der Waals surface area (Å²) in [6, 6.07) is 0. The first-order chi connectivity index (χ1) is 7.20. The highest BCUT2D eigenvalue weighted by Crippen LogP contribution is 2.08. The molecule has 0 fully saturated rings. The van der Waals surface area contributed by atoms with E-state index in [1.807, 2.05) is 0 Å². The van der Waals surface area contributed by atoms with Crippen LogP contribution in [0, 0.1) is 0 Å². The van der Waals surface area contributed by atoms with Crippen molar-refractivity contribution >= 4 is 6.16 Å². The third-order valence-electron chi connectivity index (χ3n) is 1.41. The Morgan fingerprint density at radius 3 is 2.38 bits per heavy atom. The van der Waals surface area contributed by atoms with Crippen LogP contribution in [0.2, 0.25) is 0 Å². The van der Waals surface area contributed by atoms with Crippen molar-refractivity contribution < 1.29 is 29.5 Å². The van der Waals surface area contributed by atoms with Gasteiger partial charge in [0.2, 0.25) is 0 Å². The largest absolute Gasteiger partial charge is 0.508 e. The van der Waals surface area contributed by atoms with Crippen molar-refractivity contribution in [2.45, 2.75) is 45.8 Å². The summed E-state index contributed by atoms with van der Waals surface area (Å²) in [5.74, 6) is 0. The molecule has 0 aliphatic rings. The molecule has 96 valence electrons. The minimum absolute atomic E-state index is 0.0733. The third-order valence-corrected chi connectivity index (χ3v) is 1.41. The number of hydrogen-bond donors (Lipinski definition) is 2. The summed E-state index contributed by atoms with van der Waals surface area (Å²) in [7, 11) is 0. The molecule has 0 saturated heterocycles. The highest BCUT2D eigenvalue weighted by Gasteiger charge is 2.17. The number of nitrogens with zero attached hydrogens (tertiary/aromatic N) is 1. The Hall–Kier alpha value is -0.890. The summed E-state index contributed by atoms with van der Waals surface area (Å²) in [5, 5.41) is 16.3. The van der Waals surface area contributed by atoms with E-state index in [0.29, 0.717) is 6.42 Å². The Morgan fingerprint density at radius 1 is 1.38 bits per heavy atom. The smallest absolute Gasteiger partial charge is 0.434 e. The molecular formula is C9H19NO6. The van der Waals surface area contributed by atoms with Crippen molar-refractivity contribution in [2.75, 3.05) is 6.61 Å². The van der Waals surface area contributed by atoms with Gasteiger partial charge in [-0.05, 0) is 27.7 Å². The molecule has 0 saturated carbocycles. The van der Waals surface area contributed by atoms with Gasteiger partial charge in [0.25, 0.3) is 0 Å². The Bertz CT molecular complexity index is 213. The normalized spacial score (nSPS) is 13.7. The molecule has 0 aromatic heterocycles. The standard InChI is InChI=1S/C9H19NO6/c1-7(16-10(12)13)5-6-14-8(11)15-9(2,3)4/h7,12-13H,5-6H2,1-4H3. The molecule has 0 aromatic rings. The van der Waals surface area contributed by atoms with Gasteiger partial charge in [0.15, 0.2) is 0 Å². The molecule has 0 amide bonds. The molecule has 0 radical (unpaired) electrons. The number of carbonyl (C=O) groups excluding carboxylic acids is 1. The van der Waals surface area contributed by atoms with Crippen LogP contribution in [0.5, 0.6) is 0 Å². The van der Waals surface area contributed by atoms with Crippen molar-refractivity contribution in [2.24, 2.45) is 0 Å². The van der Waals surface area contributed by atoms with Crippen molar-refractivity contribution in [3.8, 4) is 0 Å². The molecule has 7 nitrogen and oxygen atoms in total. The molecule has 0 rings (SSSR count). The molecule has 2 N–H and O–H groups in total. The average Bonchev–Trinajstić information content (AvgIpc) is 1.98. The Kier molecular flexibility index (Phi) is 6.27. The quantitative estimate of drug-likeness (QED) is 0.556. The summed E-state index contributed by atoms with van der Waals surface area (Å²) in [6.07, 6.45) is -0.932. The lowest BCUT2D eigenvalue weighted by Gasteiger charge is -2.19. The fourth-order valence-corrected chi connectivity index (χ4v) is 0.801. The van der Waals surface area contributed by atoms with Crippen LogP contribution in [0.3, 0.4) is 0 Å². The van der Waals surface area contributed by atoms with E-state index in [1.165, 1.54) is 0 Å². The van der Waals surface area contributed by atoms with E-state index >= 15 is 0 Å². The van der Waals surface area contributed by atoms with E-state index in [-0.39, 0.29) is 12.0 Å². The molecule has 0 aliphatic heterocycles. The van der Waals surface area contributed by atoms with Gasteiger partial charge in [0, 0.05) is 6.42 Å². The predicted molar refractivity (Wildman–Crippen MR) is 52.8 cm³/mol. The van der Waals surface area contributed by atoms with Crippen LogP contribution in [0.15, 0.2) is 0 Å². The van der Waals surface area contributed by atoms with E-state index in [0.717, 1.165) is 0 Å². The number of rotatable bonds is 5. The summed E-state index contributed by atoms with van der Waals surface area (Å²) < 4.78 is 9.64. The van der Waals surface area contributed by atoms with Gasteiger partial charge < -0.3 is 9.47 Å². The van der Waals surface area contributed by atoms with Gasteiger partial charge in [-0.1, -0.05) is 0 Å². The van der Waals surface area contributed by atoms with E-state index in [4.69, 9.17) is 19.9 Å². The minimum atomic E-state index is -0.760. The van der Waals surface area contributed by atoms with Crippen LogP contribution in [0.25, 0.3) is 0 Å². The van der Waals surface area contributed by atoms with E-state index < -0.39 is 17.9 Å². The molecule has 0 spiro atoms. The molecule has 0 aliphatic carbocycles. The average molecular weight is 237 g/mol. The number of ether oxygens (including phenoxy) is 2. The van der Waals surface area contributed by atoms with Crippen LogP contribution < -0.4 is 0 Å². The Balaban J connectivity index is 3.62. The second-order valence-electron chi connectivity index (χ2n) is 4.27.